The Morgan fingerprint density at radius 1 is 1.32 bits per heavy atom. The highest BCUT2D eigenvalue weighted by Crippen LogP contribution is 2.21. The van der Waals surface area contributed by atoms with E-state index in [9.17, 15) is 9.59 Å². The van der Waals surface area contributed by atoms with Gasteiger partial charge in [-0.25, -0.2) is 4.79 Å². The second-order valence-electron chi connectivity index (χ2n) is 5.25. The van der Waals surface area contributed by atoms with Gasteiger partial charge in [0.15, 0.2) is 0 Å². The lowest BCUT2D eigenvalue weighted by atomic mass is 10.1. The highest BCUT2D eigenvalue weighted by Gasteiger charge is 2.14. The number of thioether (sulfide) groups is 1. The second-order valence-corrected chi connectivity index (χ2v) is 6.19. The van der Waals surface area contributed by atoms with E-state index in [2.05, 4.69) is 26.2 Å². The van der Waals surface area contributed by atoms with Gasteiger partial charge in [0.2, 0.25) is 11.1 Å². The number of aromatic nitrogens is 4. The molecule has 0 fully saturated rings. The fourth-order valence-corrected chi connectivity index (χ4v) is 2.75. The number of amides is 3. The average molecular weight is 364 g/mol. The molecule has 0 atom stereocenters. The molecule has 0 spiro atoms. The topological polar surface area (TPSA) is 111 Å². The first kappa shape index (κ1) is 18.9. The molecule has 0 saturated heterocycles. The number of rotatable bonds is 7. The molecule has 2 aromatic rings. The average Bonchev–Trinajstić information content (AvgIpc) is 3.01. The zero-order valence-electron chi connectivity index (χ0n) is 14.3. The van der Waals surface area contributed by atoms with Crippen molar-refractivity contribution in [2.24, 2.45) is 0 Å². The molecule has 0 saturated carbocycles. The summed E-state index contributed by atoms with van der Waals surface area (Å²) in [6.07, 6.45) is 0. The number of urea groups is 1. The molecule has 0 aliphatic heterocycles. The van der Waals surface area contributed by atoms with Crippen molar-refractivity contribution in [1.29, 1.82) is 0 Å². The van der Waals surface area contributed by atoms with Crippen LogP contribution in [0.25, 0.3) is 5.69 Å². The largest absolute Gasteiger partial charge is 0.383 e. The number of methoxy groups -OCH3 is 1. The molecule has 0 aliphatic rings. The molecule has 0 unspecified atom stereocenters. The lowest BCUT2D eigenvalue weighted by molar-refractivity contribution is -0.117. The fraction of sp³-hybridized carbons (Fsp3) is 0.400. The third-order valence-corrected chi connectivity index (χ3v) is 4.12. The van der Waals surface area contributed by atoms with Gasteiger partial charge in [0.25, 0.3) is 0 Å². The number of hydrogen-bond acceptors (Lipinski definition) is 7. The summed E-state index contributed by atoms with van der Waals surface area (Å²) in [5.74, 6) is -0.418. The highest BCUT2D eigenvalue weighted by atomic mass is 32.2. The molecular formula is C15H20N6O3S. The maximum absolute atomic E-state index is 11.8. The van der Waals surface area contributed by atoms with E-state index in [1.54, 1.807) is 4.68 Å². The molecule has 10 heteroatoms. The van der Waals surface area contributed by atoms with Gasteiger partial charge in [0.1, 0.15) is 0 Å². The number of nitrogens with zero attached hydrogens (tertiary/aromatic N) is 4. The van der Waals surface area contributed by atoms with Crippen LogP contribution in [0, 0.1) is 13.8 Å². The SMILES string of the molecule is COCCNC(=O)NC(=O)CSc1nnnn1-c1ccc(C)cc1C. The van der Waals surface area contributed by atoms with Crippen molar-refractivity contribution in [2.75, 3.05) is 26.0 Å². The molecule has 3 amide bonds. The Labute approximate surface area is 149 Å². The molecule has 134 valence electrons. The van der Waals surface area contributed by atoms with Gasteiger partial charge >= 0.3 is 6.03 Å². The minimum absolute atomic E-state index is 0.0168. The summed E-state index contributed by atoms with van der Waals surface area (Å²) < 4.78 is 6.38. The van der Waals surface area contributed by atoms with E-state index in [4.69, 9.17) is 4.74 Å². The lowest BCUT2D eigenvalue weighted by Crippen LogP contribution is -2.41. The number of imide groups is 1. The lowest BCUT2D eigenvalue weighted by Gasteiger charge is -2.08. The van der Waals surface area contributed by atoms with E-state index in [1.165, 1.54) is 7.11 Å². The highest BCUT2D eigenvalue weighted by molar-refractivity contribution is 7.99. The van der Waals surface area contributed by atoms with Crippen molar-refractivity contribution < 1.29 is 14.3 Å². The van der Waals surface area contributed by atoms with E-state index >= 15 is 0 Å². The number of tetrazole rings is 1. The van der Waals surface area contributed by atoms with Crippen molar-refractivity contribution in [3.8, 4) is 5.69 Å². The van der Waals surface area contributed by atoms with E-state index in [0.29, 0.717) is 18.3 Å². The van der Waals surface area contributed by atoms with E-state index < -0.39 is 11.9 Å². The van der Waals surface area contributed by atoms with Gasteiger partial charge in [0.05, 0.1) is 18.0 Å². The summed E-state index contributed by atoms with van der Waals surface area (Å²) in [7, 11) is 1.53. The molecule has 9 nitrogen and oxygen atoms in total. The van der Waals surface area contributed by atoms with Crippen LogP contribution in [0.15, 0.2) is 23.4 Å². The summed E-state index contributed by atoms with van der Waals surface area (Å²) >= 11 is 1.15. The quantitative estimate of drug-likeness (QED) is 0.553. The molecule has 0 aliphatic carbocycles. The Kier molecular flexibility index (Phi) is 6.90. The molecule has 1 aromatic heterocycles. The van der Waals surface area contributed by atoms with Gasteiger partial charge < -0.3 is 10.1 Å². The van der Waals surface area contributed by atoms with Gasteiger partial charge in [-0.05, 0) is 35.9 Å². The van der Waals surface area contributed by atoms with Crippen LogP contribution >= 0.6 is 11.8 Å². The van der Waals surface area contributed by atoms with Crippen LogP contribution in [-0.4, -0.2) is 58.2 Å². The van der Waals surface area contributed by atoms with Crippen LogP contribution < -0.4 is 10.6 Å². The third kappa shape index (κ3) is 5.54. The van der Waals surface area contributed by atoms with Crippen LogP contribution in [0.4, 0.5) is 4.79 Å². The van der Waals surface area contributed by atoms with Crippen LogP contribution in [0.3, 0.4) is 0 Å². The second kappa shape index (κ2) is 9.14. The molecule has 1 aromatic carbocycles. The van der Waals surface area contributed by atoms with Gasteiger partial charge in [-0.15, -0.1) is 5.10 Å². The number of hydrogen-bond donors (Lipinski definition) is 2. The molecule has 1 heterocycles. The van der Waals surface area contributed by atoms with Crippen molar-refractivity contribution in [3.05, 3.63) is 29.3 Å². The molecule has 2 N–H and O–H groups in total. The van der Waals surface area contributed by atoms with Crippen molar-refractivity contribution in [1.82, 2.24) is 30.8 Å². The number of carbonyl (C=O) groups excluding carboxylic acids is 2. The van der Waals surface area contributed by atoms with Crippen LogP contribution in [0.5, 0.6) is 0 Å². The zero-order valence-corrected chi connectivity index (χ0v) is 15.1. The molecule has 0 radical (unpaired) electrons. The molecule has 2 rings (SSSR count). The van der Waals surface area contributed by atoms with E-state index in [0.717, 1.165) is 28.6 Å². The summed E-state index contributed by atoms with van der Waals surface area (Å²) in [5, 5.41) is 16.8. The van der Waals surface area contributed by atoms with Crippen molar-refractivity contribution >= 4 is 23.7 Å². The Balaban J connectivity index is 1.93. The normalized spacial score (nSPS) is 10.5. The number of carbonyl (C=O) groups is 2. The van der Waals surface area contributed by atoms with Gasteiger partial charge in [-0.2, -0.15) is 4.68 Å². The van der Waals surface area contributed by atoms with Crippen LogP contribution in [0.2, 0.25) is 0 Å². The van der Waals surface area contributed by atoms with Crippen LogP contribution in [0.1, 0.15) is 11.1 Å². The smallest absolute Gasteiger partial charge is 0.321 e. The standard InChI is InChI=1S/C15H20N6O3S/c1-10-4-5-12(11(2)8-10)21-15(18-19-20-21)25-9-13(22)17-14(23)16-6-7-24-3/h4-5,8H,6-7,9H2,1-3H3,(H2,16,17,22,23). The monoisotopic (exact) mass is 364 g/mol. The summed E-state index contributed by atoms with van der Waals surface area (Å²) in [6, 6.07) is 5.36. The predicted molar refractivity (Wildman–Crippen MR) is 92.8 cm³/mol. The predicted octanol–water partition coefficient (Wildman–Crippen LogP) is 0.843. The zero-order chi connectivity index (χ0) is 18.2. The molecular weight excluding hydrogens is 344 g/mol. The van der Waals surface area contributed by atoms with Gasteiger partial charge in [-0.3, -0.25) is 10.1 Å². The number of nitrogens with one attached hydrogen (secondary N) is 2. The first-order valence-corrected chi connectivity index (χ1v) is 8.55. The van der Waals surface area contributed by atoms with E-state index in [1.807, 2.05) is 32.0 Å². The maximum atomic E-state index is 11.8. The maximum Gasteiger partial charge on any atom is 0.321 e. The summed E-state index contributed by atoms with van der Waals surface area (Å²) in [4.78, 5) is 23.3. The Bertz CT molecular complexity index is 749. The minimum Gasteiger partial charge on any atom is -0.383 e. The first-order valence-electron chi connectivity index (χ1n) is 7.56. The van der Waals surface area contributed by atoms with Gasteiger partial charge in [-0.1, -0.05) is 29.5 Å². The summed E-state index contributed by atoms with van der Waals surface area (Å²) in [6.45, 7) is 4.68. The van der Waals surface area contributed by atoms with Crippen LogP contribution in [-0.2, 0) is 9.53 Å². The first-order chi connectivity index (χ1) is 12.0. The number of ether oxygens (including phenoxy) is 1. The molecule has 25 heavy (non-hydrogen) atoms. The molecule has 0 bridgehead atoms. The van der Waals surface area contributed by atoms with E-state index in [-0.39, 0.29) is 5.75 Å². The fourth-order valence-electron chi connectivity index (χ4n) is 2.07. The number of benzene rings is 1. The number of aryl methyl sites for hydroxylation is 2. The Hall–Kier alpha value is -2.46. The van der Waals surface area contributed by atoms with Crippen molar-refractivity contribution in [3.63, 3.8) is 0 Å². The van der Waals surface area contributed by atoms with Gasteiger partial charge in [0, 0.05) is 13.7 Å². The summed E-state index contributed by atoms with van der Waals surface area (Å²) in [5.41, 5.74) is 3.01. The Morgan fingerprint density at radius 2 is 2.12 bits per heavy atom. The minimum atomic E-state index is -0.559. The Morgan fingerprint density at radius 3 is 2.84 bits per heavy atom. The van der Waals surface area contributed by atoms with Crippen molar-refractivity contribution in [2.45, 2.75) is 19.0 Å². The third-order valence-electron chi connectivity index (χ3n) is 3.20.